The number of fused-ring (bicyclic) bond motifs is 1. The van der Waals surface area contributed by atoms with Gasteiger partial charge in [0, 0.05) is 53.1 Å². The van der Waals surface area contributed by atoms with Gasteiger partial charge in [0.1, 0.15) is 6.04 Å². The van der Waals surface area contributed by atoms with Gasteiger partial charge in [-0.2, -0.15) is 0 Å². The van der Waals surface area contributed by atoms with Crippen LogP contribution in [0, 0.1) is 13.8 Å². The summed E-state index contributed by atoms with van der Waals surface area (Å²) in [4.78, 5) is 40.7. The summed E-state index contributed by atoms with van der Waals surface area (Å²) in [6.07, 6.45) is 2.06. The van der Waals surface area contributed by atoms with E-state index in [0.29, 0.717) is 5.56 Å². The van der Waals surface area contributed by atoms with Crippen LogP contribution < -0.4 is 5.32 Å². The van der Waals surface area contributed by atoms with E-state index in [1.807, 2.05) is 79.2 Å². The van der Waals surface area contributed by atoms with Gasteiger partial charge in [-0.1, -0.05) is 36.4 Å². The van der Waals surface area contributed by atoms with E-state index in [1.165, 1.54) is 6.92 Å². The lowest BCUT2D eigenvalue weighted by molar-refractivity contribution is -0.146. The van der Waals surface area contributed by atoms with Crippen LogP contribution in [0.4, 0.5) is 0 Å². The van der Waals surface area contributed by atoms with Gasteiger partial charge >= 0.3 is 5.97 Å². The van der Waals surface area contributed by atoms with E-state index in [9.17, 15) is 14.4 Å². The quantitative estimate of drug-likeness (QED) is 0.308. The van der Waals surface area contributed by atoms with Crippen LogP contribution in [-0.4, -0.2) is 39.9 Å². The molecule has 4 rings (SSSR count). The molecule has 0 saturated heterocycles. The summed E-state index contributed by atoms with van der Waals surface area (Å²) in [5, 5.41) is 3.62. The number of carbonyl (C=O) groups excluding carboxylic acids is 3. The molecular weight excluding hydrogens is 430 g/mol. The first kappa shape index (κ1) is 23.0. The Hall–Kier alpha value is -4.13. The third-order valence-corrected chi connectivity index (χ3v) is 5.85. The third-order valence-electron chi connectivity index (χ3n) is 5.85. The number of rotatable bonds is 8. The van der Waals surface area contributed by atoms with Crippen molar-refractivity contribution in [3.05, 3.63) is 89.4 Å². The van der Waals surface area contributed by atoms with Gasteiger partial charge in [0.15, 0.2) is 6.61 Å². The molecule has 174 valence electrons. The Morgan fingerprint density at radius 1 is 1.03 bits per heavy atom. The number of Topliss-reactive ketones (excluding diaryl/α,β-unsaturated/α-hetero) is 1. The maximum absolute atomic E-state index is 12.9. The normalized spacial score (nSPS) is 11.9. The van der Waals surface area contributed by atoms with Crippen LogP contribution in [0.15, 0.2) is 66.9 Å². The van der Waals surface area contributed by atoms with E-state index in [-0.39, 0.29) is 18.1 Å². The number of aromatic nitrogens is 2. The molecule has 2 heterocycles. The predicted octanol–water partition coefficient (Wildman–Crippen LogP) is 4.05. The summed E-state index contributed by atoms with van der Waals surface area (Å²) in [6, 6.07) is 18.4. The molecule has 0 radical (unpaired) electrons. The first-order valence-corrected chi connectivity index (χ1v) is 11.1. The highest BCUT2D eigenvalue weighted by Gasteiger charge is 2.25. The molecule has 2 aromatic heterocycles. The second-order valence-corrected chi connectivity index (χ2v) is 8.30. The number of amides is 1. The number of ether oxygens (including phenoxy) is 1. The Kier molecular flexibility index (Phi) is 6.63. The fourth-order valence-electron chi connectivity index (χ4n) is 4.29. The van der Waals surface area contributed by atoms with Crippen LogP contribution in [0.5, 0.6) is 0 Å². The van der Waals surface area contributed by atoms with Gasteiger partial charge < -0.3 is 19.6 Å². The van der Waals surface area contributed by atoms with E-state index in [1.54, 1.807) is 6.07 Å². The largest absolute Gasteiger partial charge is 0.456 e. The van der Waals surface area contributed by atoms with Gasteiger partial charge in [0.25, 0.3) is 0 Å². The van der Waals surface area contributed by atoms with Crippen molar-refractivity contribution >= 4 is 28.6 Å². The van der Waals surface area contributed by atoms with Crippen molar-refractivity contribution in [2.75, 3.05) is 6.61 Å². The van der Waals surface area contributed by atoms with E-state index < -0.39 is 18.6 Å². The predicted molar refractivity (Wildman–Crippen MR) is 130 cm³/mol. The number of hydrogen-bond donors (Lipinski definition) is 2. The number of H-pyrrole nitrogens is 1. The highest BCUT2D eigenvalue weighted by Crippen LogP contribution is 2.22. The second-order valence-electron chi connectivity index (χ2n) is 8.30. The molecule has 1 amide bonds. The van der Waals surface area contributed by atoms with E-state index >= 15 is 0 Å². The molecular formula is C27H27N3O4. The summed E-state index contributed by atoms with van der Waals surface area (Å²) in [6.45, 7) is 4.74. The Bertz CT molecular complexity index is 1350. The zero-order valence-electron chi connectivity index (χ0n) is 19.4. The summed E-state index contributed by atoms with van der Waals surface area (Å²) in [7, 11) is 0. The SMILES string of the molecule is CC(=O)NC(Cc1c[nH]c2ccccc12)C(=O)OCC(=O)c1cc(C)n(-c2ccccc2)c1C. The minimum atomic E-state index is -0.902. The lowest BCUT2D eigenvalue weighted by Gasteiger charge is -2.16. The monoisotopic (exact) mass is 457 g/mol. The number of carbonyl (C=O) groups is 3. The van der Waals surface area contributed by atoms with Gasteiger partial charge in [-0.25, -0.2) is 4.79 Å². The van der Waals surface area contributed by atoms with Crippen molar-refractivity contribution in [2.24, 2.45) is 0 Å². The highest BCUT2D eigenvalue weighted by atomic mass is 16.5. The first-order chi connectivity index (χ1) is 16.3. The lowest BCUT2D eigenvalue weighted by atomic mass is 10.0. The fourth-order valence-corrected chi connectivity index (χ4v) is 4.29. The van der Waals surface area contributed by atoms with Gasteiger partial charge in [-0.15, -0.1) is 0 Å². The van der Waals surface area contributed by atoms with Crippen LogP contribution in [0.2, 0.25) is 0 Å². The smallest absolute Gasteiger partial charge is 0.329 e. The zero-order chi connectivity index (χ0) is 24.2. The van der Waals surface area contributed by atoms with Crippen LogP contribution in [0.25, 0.3) is 16.6 Å². The van der Waals surface area contributed by atoms with Gasteiger partial charge in [0.05, 0.1) is 0 Å². The second kappa shape index (κ2) is 9.79. The highest BCUT2D eigenvalue weighted by molar-refractivity contribution is 6.00. The maximum atomic E-state index is 12.9. The van der Waals surface area contributed by atoms with Crippen molar-refractivity contribution in [1.82, 2.24) is 14.9 Å². The summed E-state index contributed by atoms with van der Waals surface area (Å²) >= 11 is 0. The Labute approximate surface area is 197 Å². The third kappa shape index (κ3) is 4.78. The molecule has 2 aromatic carbocycles. The first-order valence-electron chi connectivity index (χ1n) is 11.1. The molecule has 0 aliphatic rings. The van der Waals surface area contributed by atoms with Crippen molar-refractivity contribution in [3.8, 4) is 5.69 Å². The van der Waals surface area contributed by atoms with Gasteiger partial charge in [-0.05, 0) is 43.7 Å². The molecule has 2 N–H and O–H groups in total. The lowest BCUT2D eigenvalue weighted by Crippen LogP contribution is -2.42. The average Bonchev–Trinajstić information content (AvgIpc) is 3.37. The summed E-state index contributed by atoms with van der Waals surface area (Å²) < 4.78 is 7.36. The number of ketones is 1. The van der Waals surface area contributed by atoms with Crippen molar-refractivity contribution < 1.29 is 19.1 Å². The molecule has 1 unspecified atom stereocenters. The maximum Gasteiger partial charge on any atom is 0.329 e. The number of aryl methyl sites for hydroxylation is 1. The molecule has 1 atom stereocenters. The number of benzene rings is 2. The fraction of sp³-hybridized carbons (Fsp3) is 0.222. The molecule has 0 saturated carbocycles. The Morgan fingerprint density at radius 2 is 1.74 bits per heavy atom. The minimum absolute atomic E-state index is 0.249. The molecule has 0 aliphatic carbocycles. The molecule has 7 nitrogen and oxygen atoms in total. The molecule has 0 fully saturated rings. The van der Waals surface area contributed by atoms with Gasteiger partial charge in [-0.3, -0.25) is 9.59 Å². The van der Waals surface area contributed by atoms with Crippen LogP contribution >= 0.6 is 0 Å². The van der Waals surface area contributed by atoms with E-state index in [2.05, 4.69) is 10.3 Å². The molecule has 4 aromatic rings. The van der Waals surface area contributed by atoms with Crippen molar-refractivity contribution in [3.63, 3.8) is 0 Å². The average molecular weight is 458 g/mol. The van der Waals surface area contributed by atoms with E-state index in [0.717, 1.165) is 33.5 Å². The van der Waals surface area contributed by atoms with Crippen LogP contribution in [0.1, 0.15) is 34.2 Å². The molecule has 7 heteroatoms. The Morgan fingerprint density at radius 3 is 2.47 bits per heavy atom. The molecule has 0 bridgehead atoms. The molecule has 34 heavy (non-hydrogen) atoms. The topological polar surface area (TPSA) is 93.2 Å². The standard InChI is InChI=1S/C27H27N3O4/c1-17-13-23(18(2)30(17)21-9-5-4-6-10-21)26(32)16-34-27(33)25(29-19(3)31)14-20-15-28-24-12-8-7-11-22(20)24/h4-13,15,25,28H,14,16H2,1-3H3,(H,29,31). The van der Waals surface area contributed by atoms with E-state index in [4.69, 9.17) is 4.74 Å². The number of hydrogen-bond acceptors (Lipinski definition) is 4. The van der Waals surface area contributed by atoms with Crippen molar-refractivity contribution in [1.29, 1.82) is 0 Å². The van der Waals surface area contributed by atoms with Crippen molar-refractivity contribution in [2.45, 2.75) is 33.2 Å². The number of para-hydroxylation sites is 2. The number of nitrogens with zero attached hydrogens (tertiary/aromatic N) is 1. The molecule has 0 spiro atoms. The Balaban J connectivity index is 1.47. The number of aromatic amines is 1. The summed E-state index contributed by atoms with van der Waals surface area (Å²) in [5.74, 6) is -1.29. The minimum Gasteiger partial charge on any atom is -0.456 e. The summed E-state index contributed by atoms with van der Waals surface area (Å²) in [5.41, 5.74) is 4.97. The zero-order valence-corrected chi connectivity index (χ0v) is 19.4. The molecule has 0 aliphatic heterocycles. The van der Waals surface area contributed by atoms with Crippen LogP contribution in [0.3, 0.4) is 0 Å². The number of nitrogens with one attached hydrogen (secondary N) is 2. The van der Waals surface area contributed by atoms with Gasteiger partial charge in [0.2, 0.25) is 11.7 Å². The number of esters is 1. The van der Waals surface area contributed by atoms with Crippen LogP contribution in [-0.2, 0) is 20.7 Å².